The lowest BCUT2D eigenvalue weighted by molar-refractivity contribution is 0.0599. The Morgan fingerprint density at radius 3 is 2.87 bits per heavy atom. The first-order valence-electron chi connectivity index (χ1n) is 4.50. The molecule has 0 aliphatic rings. The Morgan fingerprint density at radius 1 is 1.67 bits per heavy atom. The molecule has 0 aromatic carbocycles. The van der Waals surface area contributed by atoms with Crippen LogP contribution in [0.3, 0.4) is 0 Å². The Balaban J connectivity index is 3.01. The zero-order chi connectivity index (χ0) is 11.4. The summed E-state index contributed by atoms with van der Waals surface area (Å²) >= 11 is 5.64. The zero-order valence-electron chi connectivity index (χ0n) is 8.96. The Morgan fingerprint density at radius 2 is 2.33 bits per heavy atom. The van der Waals surface area contributed by atoms with Gasteiger partial charge in [-0.15, -0.1) is 11.6 Å². The molecule has 15 heavy (non-hydrogen) atoms. The highest BCUT2D eigenvalue weighted by Gasteiger charge is 2.14. The third kappa shape index (κ3) is 2.86. The standard InChI is InChI=1S/C11H13ClO3/c1-7(6-12)4-9-5-10(8(2)15-9)11(13)14-3/h4-5H,6H2,1-3H3. The van der Waals surface area contributed by atoms with E-state index in [4.69, 9.17) is 16.0 Å². The number of aryl methyl sites for hydroxylation is 1. The van der Waals surface area contributed by atoms with Gasteiger partial charge >= 0.3 is 5.97 Å². The maximum Gasteiger partial charge on any atom is 0.341 e. The molecule has 1 aromatic rings. The minimum atomic E-state index is -0.389. The number of esters is 1. The Hall–Kier alpha value is -1.22. The third-order valence-corrected chi connectivity index (χ3v) is 2.36. The molecule has 0 unspecified atom stereocenters. The molecule has 1 rings (SSSR count). The predicted molar refractivity (Wildman–Crippen MR) is 59.2 cm³/mol. The minimum Gasteiger partial charge on any atom is -0.465 e. The van der Waals surface area contributed by atoms with Crippen molar-refractivity contribution < 1.29 is 13.9 Å². The second-order valence-corrected chi connectivity index (χ2v) is 3.50. The molecular weight excluding hydrogens is 216 g/mol. The number of hydrogen-bond donors (Lipinski definition) is 0. The molecule has 0 saturated carbocycles. The molecule has 0 atom stereocenters. The van der Waals surface area contributed by atoms with Gasteiger partial charge in [-0.3, -0.25) is 0 Å². The molecule has 0 aliphatic heterocycles. The first kappa shape index (κ1) is 11.9. The van der Waals surface area contributed by atoms with E-state index in [2.05, 4.69) is 4.74 Å². The highest BCUT2D eigenvalue weighted by Crippen LogP contribution is 2.18. The van der Waals surface area contributed by atoms with Crippen molar-refractivity contribution in [1.82, 2.24) is 0 Å². The minimum absolute atomic E-state index is 0.389. The molecule has 0 N–H and O–H groups in total. The van der Waals surface area contributed by atoms with Gasteiger partial charge in [-0.2, -0.15) is 0 Å². The van der Waals surface area contributed by atoms with Gasteiger partial charge in [0.15, 0.2) is 0 Å². The van der Waals surface area contributed by atoms with Crippen LogP contribution < -0.4 is 0 Å². The summed E-state index contributed by atoms with van der Waals surface area (Å²) in [5.41, 5.74) is 1.42. The number of hydrogen-bond acceptors (Lipinski definition) is 3. The smallest absolute Gasteiger partial charge is 0.341 e. The van der Waals surface area contributed by atoms with Crippen LogP contribution >= 0.6 is 11.6 Å². The summed E-state index contributed by atoms with van der Waals surface area (Å²) < 4.78 is 9.99. The summed E-state index contributed by atoms with van der Waals surface area (Å²) in [7, 11) is 1.34. The maximum atomic E-state index is 11.3. The largest absolute Gasteiger partial charge is 0.465 e. The van der Waals surface area contributed by atoms with Crippen LogP contribution in [0.1, 0.15) is 28.8 Å². The predicted octanol–water partition coefficient (Wildman–Crippen LogP) is 3.02. The fourth-order valence-electron chi connectivity index (χ4n) is 1.17. The van der Waals surface area contributed by atoms with Gasteiger partial charge in [-0.1, -0.05) is 5.57 Å². The molecule has 4 heteroatoms. The summed E-state index contributed by atoms with van der Waals surface area (Å²) in [6.45, 7) is 3.61. The van der Waals surface area contributed by atoms with Crippen LogP contribution in [0, 0.1) is 6.92 Å². The SMILES string of the molecule is COC(=O)c1cc(C=C(C)CCl)oc1C. The highest BCUT2D eigenvalue weighted by atomic mass is 35.5. The molecule has 0 fully saturated rings. The van der Waals surface area contributed by atoms with E-state index in [0.717, 1.165) is 5.57 Å². The van der Waals surface area contributed by atoms with Crippen LogP contribution in [-0.4, -0.2) is 19.0 Å². The van der Waals surface area contributed by atoms with Crippen LogP contribution in [0.25, 0.3) is 6.08 Å². The van der Waals surface area contributed by atoms with Gasteiger partial charge < -0.3 is 9.15 Å². The quantitative estimate of drug-likeness (QED) is 0.590. The second kappa shape index (κ2) is 5.03. The summed E-state index contributed by atoms with van der Waals surface area (Å²) in [5, 5.41) is 0. The van der Waals surface area contributed by atoms with Crippen molar-refractivity contribution in [3.8, 4) is 0 Å². The van der Waals surface area contributed by atoms with Gasteiger partial charge in [0.05, 0.1) is 7.11 Å². The van der Waals surface area contributed by atoms with E-state index in [1.54, 1.807) is 19.1 Å². The lowest BCUT2D eigenvalue weighted by Gasteiger charge is -1.93. The van der Waals surface area contributed by atoms with E-state index in [1.165, 1.54) is 7.11 Å². The number of carbonyl (C=O) groups is 1. The van der Waals surface area contributed by atoms with Gasteiger partial charge in [0.1, 0.15) is 17.1 Å². The van der Waals surface area contributed by atoms with Gasteiger partial charge in [-0.25, -0.2) is 4.79 Å². The molecule has 0 radical (unpaired) electrons. The van der Waals surface area contributed by atoms with Crippen LogP contribution in [0.15, 0.2) is 16.1 Å². The van der Waals surface area contributed by atoms with Crippen molar-refractivity contribution in [3.05, 3.63) is 28.7 Å². The molecule has 0 amide bonds. The first-order valence-corrected chi connectivity index (χ1v) is 5.03. The van der Waals surface area contributed by atoms with Crippen LogP contribution in [0.5, 0.6) is 0 Å². The lowest BCUT2D eigenvalue weighted by atomic mass is 10.2. The zero-order valence-corrected chi connectivity index (χ0v) is 9.72. The number of methoxy groups -OCH3 is 1. The topological polar surface area (TPSA) is 39.4 Å². The number of halogens is 1. The summed E-state index contributed by atoms with van der Waals surface area (Å²) in [6, 6.07) is 1.65. The van der Waals surface area contributed by atoms with Gasteiger partial charge in [-0.05, 0) is 26.0 Å². The number of allylic oxidation sites excluding steroid dienone is 1. The highest BCUT2D eigenvalue weighted by molar-refractivity contribution is 6.19. The second-order valence-electron chi connectivity index (χ2n) is 3.23. The van der Waals surface area contributed by atoms with Crippen molar-refractivity contribution >= 4 is 23.6 Å². The molecule has 1 aromatic heterocycles. The molecule has 0 spiro atoms. The van der Waals surface area contributed by atoms with Crippen LogP contribution in [0.2, 0.25) is 0 Å². The molecule has 3 nitrogen and oxygen atoms in total. The van der Waals surface area contributed by atoms with Crippen molar-refractivity contribution in [3.63, 3.8) is 0 Å². The van der Waals surface area contributed by atoms with Crippen molar-refractivity contribution in [2.75, 3.05) is 13.0 Å². The van der Waals surface area contributed by atoms with E-state index in [1.807, 2.05) is 6.92 Å². The van der Waals surface area contributed by atoms with Gasteiger partial charge in [0.25, 0.3) is 0 Å². The summed E-state index contributed by atoms with van der Waals surface area (Å²) in [6.07, 6.45) is 1.80. The fraction of sp³-hybridized carbons (Fsp3) is 0.364. The van der Waals surface area contributed by atoms with Crippen molar-refractivity contribution in [1.29, 1.82) is 0 Å². The Labute approximate surface area is 93.7 Å². The molecule has 0 bridgehead atoms. The van der Waals surface area contributed by atoms with E-state index in [-0.39, 0.29) is 5.97 Å². The van der Waals surface area contributed by atoms with Crippen molar-refractivity contribution in [2.45, 2.75) is 13.8 Å². The normalized spacial score (nSPS) is 11.6. The van der Waals surface area contributed by atoms with Crippen molar-refractivity contribution in [2.24, 2.45) is 0 Å². The van der Waals surface area contributed by atoms with Crippen LogP contribution in [0.4, 0.5) is 0 Å². The monoisotopic (exact) mass is 228 g/mol. The van der Waals surface area contributed by atoms with Gasteiger partial charge in [0, 0.05) is 5.88 Å². The Kier molecular flexibility index (Phi) is 3.97. The van der Waals surface area contributed by atoms with Gasteiger partial charge in [0.2, 0.25) is 0 Å². The number of ether oxygens (including phenoxy) is 1. The number of carbonyl (C=O) groups excluding carboxylic acids is 1. The Bertz CT molecular complexity index is 391. The average Bonchev–Trinajstić information content (AvgIpc) is 2.58. The van der Waals surface area contributed by atoms with E-state index in [0.29, 0.717) is 23.0 Å². The lowest BCUT2D eigenvalue weighted by Crippen LogP contribution is -2.00. The maximum absolute atomic E-state index is 11.3. The summed E-state index contributed by atoms with van der Waals surface area (Å²) in [4.78, 5) is 11.3. The fourth-order valence-corrected chi connectivity index (χ4v) is 1.25. The molecular formula is C11H13ClO3. The van der Waals surface area contributed by atoms with E-state index >= 15 is 0 Å². The average molecular weight is 229 g/mol. The molecule has 0 aliphatic carbocycles. The van der Waals surface area contributed by atoms with E-state index < -0.39 is 0 Å². The third-order valence-electron chi connectivity index (χ3n) is 1.94. The number of rotatable bonds is 3. The molecule has 0 saturated heterocycles. The first-order chi connectivity index (χ1) is 7.08. The van der Waals surface area contributed by atoms with E-state index in [9.17, 15) is 4.79 Å². The summed E-state index contributed by atoms with van der Waals surface area (Å²) in [5.74, 6) is 1.22. The van der Waals surface area contributed by atoms with Crippen LogP contribution in [-0.2, 0) is 4.74 Å². The number of furan rings is 1. The molecule has 1 heterocycles. The molecule has 82 valence electrons. The number of alkyl halides is 1.